The molecule has 90 valence electrons. The Morgan fingerprint density at radius 1 is 1.35 bits per heavy atom. The molecule has 0 aliphatic carbocycles. The maximum Gasteiger partial charge on any atom is 0.330 e. The average molecular weight is 234 g/mol. The summed E-state index contributed by atoms with van der Waals surface area (Å²) in [5.74, 6) is -1.64. The number of nitrogens with two attached hydrogens (primary N) is 1. The number of hydrogen-bond donors (Lipinski definition) is 3. The van der Waals surface area contributed by atoms with Crippen LogP contribution < -0.4 is 11.1 Å². The molecule has 17 heavy (non-hydrogen) atoms. The highest BCUT2D eigenvalue weighted by Gasteiger charge is 2.18. The van der Waals surface area contributed by atoms with Crippen molar-refractivity contribution < 1.29 is 14.7 Å². The minimum atomic E-state index is -1.02. The van der Waals surface area contributed by atoms with Crippen LogP contribution in [-0.4, -0.2) is 17.0 Å². The van der Waals surface area contributed by atoms with Crippen LogP contribution in [0.5, 0.6) is 0 Å². The van der Waals surface area contributed by atoms with E-state index in [1.165, 1.54) is 0 Å². The zero-order valence-electron chi connectivity index (χ0n) is 9.38. The summed E-state index contributed by atoms with van der Waals surface area (Å²) in [6, 6.07) is 7.80. The van der Waals surface area contributed by atoms with Crippen LogP contribution in [-0.2, 0) is 9.59 Å². The molecule has 0 saturated heterocycles. The number of benzene rings is 1. The van der Waals surface area contributed by atoms with Gasteiger partial charge in [-0.15, -0.1) is 0 Å². The fourth-order valence-corrected chi connectivity index (χ4v) is 1.42. The summed E-state index contributed by atoms with van der Waals surface area (Å²) in [6.45, 7) is 1.59. The molecular weight excluding hydrogens is 220 g/mol. The summed E-state index contributed by atoms with van der Waals surface area (Å²) in [4.78, 5) is 21.8. The lowest BCUT2D eigenvalue weighted by molar-refractivity contribution is -0.139. The molecule has 0 bridgehead atoms. The minimum Gasteiger partial charge on any atom is -0.479 e. The molecule has 1 aromatic carbocycles. The van der Waals surface area contributed by atoms with Gasteiger partial charge in [-0.3, -0.25) is 4.79 Å². The fourth-order valence-electron chi connectivity index (χ4n) is 1.42. The van der Waals surface area contributed by atoms with Gasteiger partial charge in [0.05, 0.1) is 0 Å². The van der Waals surface area contributed by atoms with Crippen molar-refractivity contribution in [3.8, 4) is 0 Å². The molecule has 1 amide bonds. The van der Waals surface area contributed by atoms with Crippen molar-refractivity contribution in [3.63, 3.8) is 0 Å². The third-order valence-corrected chi connectivity index (χ3v) is 2.11. The Morgan fingerprint density at radius 3 is 2.41 bits per heavy atom. The standard InChI is InChI=1S/C12H14N2O3/c1-8(7-10(13)15)14-11(12(16)17)9-5-3-2-4-6-9/h2-7,11,14H,1H3,(H2,13,15)(H,16,17)/b8-7+. The molecule has 1 atom stereocenters. The van der Waals surface area contributed by atoms with Crippen LogP contribution in [0.4, 0.5) is 0 Å². The van der Waals surface area contributed by atoms with Crippen LogP contribution in [0.25, 0.3) is 0 Å². The first-order chi connectivity index (χ1) is 8.00. The second-order valence-corrected chi connectivity index (χ2v) is 3.56. The van der Waals surface area contributed by atoms with E-state index in [0.717, 1.165) is 6.08 Å². The SMILES string of the molecule is C/C(=C\C(N)=O)NC(C(=O)O)c1ccccc1. The number of carboxylic acids is 1. The molecule has 0 radical (unpaired) electrons. The van der Waals surface area contributed by atoms with Gasteiger partial charge in [-0.05, 0) is 12.5 Å². The predicted molar refractivity (Wildman–Crippen MR) is 62.9 cm³/mol. The summed E-state index contributed by atoms with van der Waals surface area (Å²) in [5.41, 5.74) is 6.00. The van der Waals surface area contributed by atoms with Crippen molar-refractivity contribution in [1.29, 1.82) is 0 Å². The Morgan fingerprint density at radius 2 is 1.94 bits per heavy atom. The monoisotopic (exact) mass is 234 g/mol. The van der Waals surface area contributed by atoms with Crippen molar-refractivity contribution >= 4 is 11.9 Å². The molecule has 0 spiro atoms. The first kappa shape index (κ1) is 12.8. The predicted octanol–water partition coefficient (Wildman–Crippen LogP) is 0.791. The Bertz CT molecular complexity index is 440. The number of hydrogen-bond acceptors (Lipinski definition) is 3. The van der Waals surface area contributed by atoms with Crippen molar-refractivity contribution in [1.82, 2.24) is 5.32 Å². The lowest BCUT2D eigenvalue weighted by Gasteiger charge is -2.16. The molecule has 1 rings (SSSR count). The number of amides is 1. The fraction of sp³-hybridized carbons (Fsp3) is 0.167. The number of primary amides is 1. The summed E-state index contributed by atoms with van der Waals surface area (Å²) in [7, 11) is 0. The molecule has 4 N–H and O–H groups in total. The van der Waals surface area contributed by atoms with Gasteiger partial charge in [0, 0.05) is 11.8 Å². The van der Waals surface area contributed by atoms with E-state index in [1.54, 1.807) is 37.3 Å². The molecule has 1 aromatic rings. The van der Waals surface area contributed by atoms with Crippen LogP contribution in [0.2, 0.25) is 0 Å². The lowest BCUT2D eigenvalue weighted by Crippen LogP contribution is -2.28. The Balaban J connectivity index is 2.89. The van der Waals surface area contributed by atoms with E-state index in [2.05, 4.69) is 5.32 Å². The molecule has 5 nitrogen and oxygen atoms in total. The normalized spacial score (nSPS) is 12.9. The second kappa shape index (κ2) is 5.69. The number of allylic oxidation sites excluding steroid dienone is 1. The highest BCUT2D eigenvalue weighted by Crippen LogP contribution is 2.14. The molecule has 1 unspecified atom stereocenters. The van der Waals surface area contributed by atoms with Crippen molar-refractivity contribution in [2.45, 2.75) is 13.0 Å². The number of nitrogens with one attached hydrogen (secondary N) is 1. The summed E-state index contributed by atoms with van der Waals surface area (Å²) in [6.07, 6.45) is 1.15. The maximum absolute atomic E-state index is 11.1. The van der Waals surface area contributed by atoms with Crippen LogP contribution >= 0.6 is 0 Å². The van der Waals surface area contributed by atoms with Gasteiger partial charge in [0.2, 0.25) is 5.91 Å². The van der Waals surface area contributed by atoms with E-state index in [4.69, 9.17) is 10.8 Å². The van der Waals surface area contributed by atoms with E-state index < -0.39 is 17.9 Å². The molecule has 0 aliphatic heterocycles. The van der Waals surface area contributed by atoms with Gasteiger partial charge < -0.3 is 16.2 Å². The Labute approximate surface area is 98.9 Å². The highest BCUT2D eigenvalue weighted by molar-refractivity contribution is 5.86. The first-order valence-electron chi connectivity index (χ1n) is 5.02. The number of rotatable bonds is 5. The third-order valence-electron chi connectivity index (χ3n) is 2.11. The van der Waals surface area contributed by atoms with Gasteiger partial charge in [0.15, 0.2) is 0 Å². The Hall–Kier alpha value is -2.30. The molecule has 0 aliphatic rings. The van der Waals surface area contributed by atoms with Crippen LogP contribution in [0.15, 0.2) is 42.1 Å². The van der Waals surface area contributed by atoms with Crippen molar-refractivity contribution in [3.05, 3.63) is 47.7 Å². The van der Waals surface area contributed by atoms with E-state index in [0.29, 0.717) is 11.3 Å². The summed E-state index contributed by atoms with van der Waals surface area (Å²) < 4.78 is 0. The van der Waals surface area contributed by atoms with Gasteiger partial charge in [0.1, 0.15) is 6.04 Å². The second-order valence-electron chi connectivity index (χ2n) is 3.56. The molecule has 0 heterocycles. The van der Waals surface area contributed by atoms with Gasteiger partial charge in [0.25, 0.3) is 0 Å². The number of aliphatic carboxylic acids is 1. The average Bonchev–Trinajstić information content (AvgIpc) is 2.25. The highest BCUT2D eigenvalue weighted by atomic mass is 16.4. The molecule has 0 aromatic heterocycles. The maximum atomic E-state index is 11.1. The number of carboxylic acid groups (broad SMARTS) is 1. The van der Waals surface area contributed by atoms with Gasteiger partial charge in [-0.2, -0.15) is 0 Å². The zero-order chi connectivity index (χ0) is 12.8. The topological polar surface area (TPSA) is 92.4 Å². The van der Waals surface area contributed by atoms with Crippen LogP contribution in [0, 0.1) is 0 Å². The molecule has 0 saturated carbocycles. The number of carbonyl (C=O) groups excluding carboxylic acids is 1. The van der Waals surface area contributed by atoms with Gasteiger partial charge in [-0.25, -0.2) is 4.79 Å². The molecule has 0 fully saturated rings. The largest absolute Gasteiger partial charge is 0.479 e. The van der Waals surface area contributed by atoms with Crippen LogP contribution in [0.3, 0.4) is 0 Å². The summed E-state index contributed by atoms with van der Waals surface area (Å²) in [5, 5.41) is 11.8. The Kier molecular flexibility index (Phi) is 4.28. The van der Waals surface area contributed by atoms with Crippen LogP contribution in [0.1, 0.15) is 18.5 Å². The zero-order valence-corrected chi connectivity index (χ0v) is 9.38. The van der Waals surface area contributed by atoms with E-state index in [-0.39, 0.29) is 0 Å². The van der Waals surface area contributed by atoms with E-state index in [1.807, 2.05) is 0 Å². The van der Waals surface area contributed by atoms with Gasteiger partial charge >= 0.3 is 5.97 Å². The van der Waals surface area contributed by atoms with E-state index >= 15 is 0 Å². The lowest BCUT2D eigenvalue weighted by atomic mass is 10.1. The van der Waals surface area contributed by atoms with Crippen molar-refractivity contribution in [2.75, 3.05) is 0 Å². The minimum absolute atomic E-state index is 0.411. The smallest absolute Gasteiger partial charge is 0.330 e. The van der Waals surface area contributed by atoms with Crippen molar-refractivity contribution in [2.24, 2.45) is 5.73 Å². The summed E-state index contributed by atoms with van der Waals surface area (Å²) >= 11 is 0. The number of carbonyl (C=O) groups is 2. The van der Waals surface area contributed by atoms with E-state index in [9.17, 15) is 9.59 Å². The third kappa shape index (κ3) is 3.98. The quantitative estimate of drug-likeness (QED) is 0.657. The van der Waals surface area contributed by atoms with Gasteiger partial charge in [-0.1, -0.05) is 30.3 Å². The molecular formula is C12H14N2O3. The first-order valence-corrected chi connectivity index (χ1v) is 5.02. The molecule has 5 heteroatoms.